The normalized spacial score (nSPS) is 10.6. The molecule has 0 radical (unpaired) electrons. The highest BCUT2D eigenvalue weighted by Gasteiger charge is 2.00. The second-order valence-corrected chi connectivity index (χ2v) is 4.63. The van der Waals surface area contributed by atoms with Gasteiger partial charge in [0.1, 0.15) is 0 Å². The van der Waals surface area contributed by atoms with Gasteiger partial charge in [-0.25, -0.2) is 4.98 Å². The molecule has 0 N–H and O–H groups in total. The lowest BCUT2D eigenvalue weighted by Crippen LogP contribution is -1.79. The van der Waals surface area contributed by atoms with Crippen LogP contribution in [0.5, 0.6) is 0 Å². The fraction of sp³-hybridized carbons (Fsp3) is 0.727. The summed E-state index contributed by atoms with van der Waals surface area (Å²) in [6, 6.07) is 0. The van der Waals surface area contributed by atoms with Crippen molar-refractivity contribution in [2.24, 2.45) is 0 Å². The summed E-state index contributed by atoms with van der Waals surface area (Å²) in [6.45, 7) is 4.45. The maximum Gasteiger partial charge on any atom is 0.0927 e. The van der Waals surface area contributed by atoms with Crippen LogP contribution in [0.3, 0.4) is 0 Å². The Labute approximate surface area is 85.2 Å². The number of hydrogen-bond acceptors (Lipinski definition) is 2. The van der Waals surface area contributed by atoms with Crippen LogP contribution in [0.1, 0.15) is 49.4 Å². The summed E-state index contributed by atoms with van der Waals surface area (Å²) in [4.78, 5) is 5.87. The number of nitrogens with zero attached hydrogens (tertiary/aromatic N) is 1. The first-order chi connectivity index (χ1) is 6.36. The Balaban J connectivity index is 2.31. The zero-order valence-corrected chi connectivity index (χ0v) is 9.49. The van der Waals surface area contributed by atoms with Gasteiger partial charge in [-0.2, -0.15) is 0 Å². The molecule has 0 amide bonds. The smallest absolute Gasteiger partial charge is 0.0927 e. The molecule has 1 heterocycles. The fourth-order valence-corrected chi connectivity index (χ4v) is 2.41. The molecule has 0 atom stereocenters. The van der Waals surface area contributed by atoms with Gasteiger partial charge in [-0.15, -0.1) is 11.3 Å². The Hall–Kier alpha value is -0.370. The van der Waals surface area contributed by atoms with E-state index in [1.165, 1.54) is 42.0 Å². The summed E-state index contributed by atoms with van der Waals surface area (Å²) in [6.07, 6.45) is 9.63. The van der Waals surface area contributed by atoms with E-state index in [4.69, 9.17) is 0 Å². The molecule has 0 aromatic carbocycles. The summed E-state index contributed by atoms with van der Waals surface area (Å²) in [5.41, 5.74) is 0. The van der Waals surface area contributed by atoms with Crippen molar-refractivity contribution in [3.63, 3.8) is 0 Å². The van der Waals surface area contributed by atoms with Gasteiger partial charge in [-0.05, 0) is 25.7 Å². The van der Waals surface area contributed by atoms with Crippen molar-refractivity contribution in [3.05, 3.63) is 16.1 Å². The summed E-state index contributed by atoms with van der Waals surface area (Å²) in [5, 5.41) is 1.31. The van der Waals surface area contributed by atoms with Crippen LogP contribution < -0.4 is 0 Å². The Morgan fingerprint density at radius 3 is 2.69 bits per heavy atom. The first kappa shape index (κ1) is 10.7. The molecule has 0 spiro atoms. The third-order valence-corrected chi connectivity index (χ3v) is 3.21. The van der Waals surface area contributed by atoms with Gasteiger partial charge in [0, 0.05) is 11.1 Å². The largest absolute Gasteiger partial charge is 0.249 e. The molecule has 74 valence electrons. The van der Waals surface area contributed by atoms with E-state index >= 15 is 0 Å². The lowest BCUT2D eigenvalue weighted by Gasteiger charge is -1.93. The Morgan fingerprint density at radius 1 is 1.15 bits per heavy atom. The predicted octanol–water partition coefficient (Wildman–Crippen LogP) is 3.83. The SMILES string of the molecule is CCCCCc1cnc(CCC)s1. The first-order valence-corrected chi connectivity index (χ1v) is 6.12. The van der Waals surface area contributed by atoms with Gasteiger partial charge in [0.15, 0.2) is 0 Å². The predicted molar refractivity (Wildman–Crippen MR) is 59.3 cm³/mol. The molecule has 1 rings (SSSR count). The maximum absolute atomic E-state index is 4.40. The van der Waals surface area contributed by atoms with Crippen molar-refractivity contribution in [1.82, 2.24) is 4.98 Å². The van der Waals surface area contributed by atoms with E-state index in [1.807, 2.05) is 11.3 Å². The molecular formula is C11H19NS. The molecule has 0 saturated carbocycles. The van der Waals surface area contributed by atoms with Crippen LogP contribution in [0.2, 0.25) is 0 Å². The minimum atomic E-state index is 1.15. The van der Waals surface area contributed by atoms with Crippen LogP contribution in [-0.2, 0) is 12.8 Å². The number of rotatable bonds is 6. The first-order valence-electron chi connectivity index (χ1n) is 5.30. The minimum Gasteiger partial charge on any atom is -0.249 e. The molecule has 0 saturated heterocycles. The zero-order valence-electron chi connectivity index (χ0n) is 8.68. The zero-order chi connectivity index (χ0) is 9.52. The lowest BCUT2D eigenvalue weighted by atomic mass is 10.2. The third kappa shape index (κ3) is 3.90. The van der Waals surface area contributed by atoms with E-state index in [1.54, 1.807) is 0 Å². The maximum atomic E-state index is 4.40. The van der Waals surface area contributed by atoms with E-state index in [9.17, 15) is 0 Å². The molecule has 0 unspecified atom stereocenters. The van der Waals surface area contributed by atoms with Crippen LogP contribution in [-0.4, -0.2) is 4.98 Å². The third-order valence-electron chi connectivity index (χ3n) is 2.09. The van der Waals surface area contributed by atoms with Gasteiger partial charge in [-0.3, -0.25) is 0 Å². The molecule has 1 nitrogen and oxygen atoms in total. The average molecular weight is 197 g/mol. The van der Waals surface area contributed by atoms with E-state index in [0.29, 0.717) is 0 Å². The summed E-state index contributed by atoms with van der Waals surface area (Å²) in [7, 11) is 0. The number of thiazole rings is 1. The molecule has 0 aliphatic carbocycles. The van der Waals surface area contributed by atoms with Crippen LogP contribution in [0, 0.1) is 0 Å². The van der Waals surface area contributed by atoms with Gasteiger partial charge in [0.05, 0.1) is 5.01 Å². The second kappa shape index (κ2) is 6.14. The van der Waals surface area contributed by atoms with Crippen molar-refractivity contribution in [2.75, 3.05) is 0 Å². The van der Waals surface area contributed by atoms with Crippen molar-refractivity contribution in [3.8, 4) is 0 Å². The average Bonchev–Trinajstić information content (AvgIpc) is 2.54. The molecule has 0 aliphatic rings. The van der Waals surface area contributed by atoms with Crippen LogP contribution in [0.25, 0.3) is 0 Å². The molecule has 0 fully saturated rings. The molecule has 0 aliphatic heterocycles. The fourth-order valence-electron chi connectivity index (χ4n) is 1.34. The number of unbranched alkanes of at least 4 members (excludes halogenated alkanes) is 2. The van der Waals surface area contributed by atoms with Gasteiger partial charge >= 0.3 is 0 Å². The number of hydrogen-bond donors (Lipinski definition) is 0. The monoisotopic (exact) mass is 197 g/mol. The molecule has 2 heteroatoms. The highest BCUT2D eigenvalue weighted by Crippen LogP contribution is 2.16. The topological polar surface area (TPSA) is 12.9 Å². The Morgan fingerprint density at radius 2 is 2.00 bits per heavy atom. The van der Waals surface area contributed by atoms with Crippen molar-refractivity contribution >= 4 is 11.3 Å². The van der Waals surface area contributed by atoms with Gasteiger partial charge in [0.25, 0.3) is 0 Å². The second-order valence-electron chi connectivity index (χ2n) is 3.43. The summed E-state index contributed by atoms with van der Waals surface area (Å²) in [5.74, 6) is 0. The standard InChI is InChI=1S/C11H19NS/c1-3-5-6-8-10-9-12-11(13-10)7-4-2/h9H,3-8H2,1-2H3. The van der Waals surface area contributed by atoms with E-state index in [2.05, 4.69) is 25.0 Å². The highest BCUT2D eigenvalue weighted by atomic mass is 32.1. The van der Waals surface area contributed by atoms with E-state index in [-0.39, 0.29) is 0 Å². The highest BCUT2D eigenvalue weighted by molar-refractivity contribution is 7.11. The van der Waals surface area contributed by atoms with Gasteiger partial charge < -0.3 is 0 Å². The molecule has 13 heavy (non-hydrogen) atoms. The van der Waals surface area contributed by atoms with E-state index in [0.717, 1.165) is 6.42 Å². The molecular weight excluding hydrogens is 178 g/mol. The van der Waals surface area contributed by atoms with Crippen molar-refractivity contribution in [2.45, 2.75) is 52.4 Å². The number of aromatic nitrogens is 1. The van der Waals surface area contributed by atoms with Crippen molar-refractivity contribution in [1.29, 1.82) is 0 Å². The summed E-state index contributed by atoms with van der Waals surface area (Å²) >= 11 is 1.90. The van der Waals surface area contributed by atoms with Gasteiger partial charge in [-0.1, -0.05) is 26.7 Å². The lowest BCUT2D eigenvalue weighted by molar-refractivity contribution is 0.722. The number of aryl methyl sites for hydroxylation is 2. The molecule has 1 aromatic rings. The minimum absolute atomic E-state index is 1.15. The summed E-state index contributed by atoms with van der Waals surface area (Å²) < 4.78 is 0. The van der Waals surface area contributed by atoms with Crippen LogP contribution in [0.4, 0.5) is 0 Å². The quantitative estimate of drug-likeness (QED) is 0.632. The molecule has 1 aromatic heterocycles. The van der Waals surface area contributed by atoms with Crippen LogP contribution >= 0.6 is 11.3 Å². The van der Waals surface area contributed by atoms with Gasteiger partial charge in [0.2, 0.25) is 0 Å². The Bertz CT molecular complexity index is 230. The van der Waals surface area contributed by atoms with E-state index < -0.39 is 0 Å². The molecule has 0 bridgehead atoms. The Kier molecular flexibility index (Phi) is 5.06. The van der Waals surface area contributed by atoms with Crippen molar-refractivity contribution < 1.29 is 0 Å². The van der Waals surface area contributed by atoms with Crippen LogP contribution in [0.15, 0.2) is 6.20 Å².